The third kappa shape index (κ3) is 8.18. The first-order chi connectivity index (χ1) is 11.0. The molecule has 0 aromatic heterocycles. The molecule has 1 aromatic carbocycles. The van der Waals surface area contributed by atoms with Crippen LogP contribution in [0.3, 0.4) is 0 Å². The lowest BCUT2D eigenvalue weighted by Gasteiger charge is -2.13. The van der Waals surface area contributed by atoms with Gasteiger partial charge in [-0.05, 0) is 37.5 Å². The summed E-state index contributed by atoms with van der Waals surface area (Å²) in [5.74, 6) is 0.442. The number of amides is 1. The summed E-state index contributed by atoms with van der Waals surface area (Å²) in [6.45, 7) is 5.18. The molecule has 0 fully saturated rings. The largest absolute Gasteiger partial charge is 0.356 e. The smallest absolute Gasteiger partial charge is 0.221 e. The van der Waals surface area contributed by atoms with Crippen molar-refractivity contribution in [3.63, 3.8) is 0 Å². The van der Waals surface area contributed by atoms with E-state index in [-0.39, 0.29) is 17.8 Å². The number of rotatable bonds is 8. The molecule has 3 N–H and O–H groups in total. The zero-order valence-corrected chi connectivity index (χ0v) is 14.2. The van der Waals surface area contributed by atoms with Crippen molar-refractivity contribution in [3.8, 4) is 0 Å². The molecular weight excluding hydrogens is 295 g/mol. The van der Waals surface area contributed by atoms with Crippen LogP contribution in [-0.2, 0) is 11.2 Å². The van der Waals surface area contributed by atoms with Crippen LogP contribution in [0, 0.1) is 5.82 Å². The first-order valence-corrected chi connectivity index (χ1v) is 8.03. The van der Waals surface area contributed by atoms with Gasteiger partial charge >= 0.3 is 0 Å². The first-order valence-electron chi connectivity index (χ1n) is 8.03. The van der Waals surface area contributed by atoms with Gasteiger partial charge in [0.05, 0.1) is 0 Å². The number of benzene rings is 1. The van der Waals surface area contributed by atoms with Crippen LogP contribution in [0.1, 0.15) is 32.3 Å². The molecule has 0 aliphatic carbocycles. The Kier molecular flexibility index (Phi) is 8.72. The molecule has 128 valence electrons. The molecule has 0 bridgehead atoms. The van der Waals surface area contributed by atoms with Crippen molar-refractivity contribution in [1.82, 2.24) is 16.0 Å². The summed E-state index contributed by atoms with van der Waals surface area (Å²) in [6.07, 6.45) is 2.02. The highest BCUT2D eigenvalue weighted by Crippen LogP contribution is 2.03. The van der Waals surface area contributed by atoms with Crippen LogP contribution in [0.25, 0.3) is 0 Å². The lowest BCUT2D eigenvalue weighted by atomic mass is 10.1. The average Bonchev–Trinajstić information content (AvgIpc) is 2.53. The van der Waals surface area contributed by atoms with Crippen LogP contribution >= 0.6 is 0 Å². The Morgan fingerprint density at radius 2 is 2.04 bits per heavy atom. The van der Waals surface area contributed by atoms with E-state index in [1.807, 2.05) is 19.9 Å². The number of nitrogens with zero attached hydrogens (tertiary/aromatic N) is 1. The molecule has 0 spiro atoms. The molecule has 1 unspecified atom stereocenters. The van der Waals surface area contributed by atoms with Gasteiger partial charge in [0.25, 0.3) is 0 Å². The topological polar surface area (TPSA) is 65.5 Å². The minimum Gasteiger partial charge on any atom is -0.356 e. The Bertz CT molecular complexity index is 519. The van der Waals surface area contributed by atoms with Crippen molar-refractivity contribution in [1.29, 1.82) is 0 Å². The van der Waals surface area contributed by atoms with E-state index in [1.54, 1.807) is 13.1 Å². The highest BCUT2D eigenvalue weighted by Gasteiger charge is 2.05. The molecule has 0 aliphatic rings. The summed E-state index contributed by atoms with van der Waals surface area (Å²) in [5, 5.41) is 9.16. The van der Waals surface area contributed by atoms with Gasteiger partial charge in [0, 0.05) is 32.6 Å². The average molecular weight is 322 g/mol. The Labute approximate surface area is 137 Å². The molecule has 1 atom stereocenters. The van der Waals surface area contributed by atoms with E-state index >= 15 is 0 Å². The van der Waals surface area contributed by atoms with Gasteiger partial charge in [-0.1, -0.05) is 19.1 Å². The quantitative estimate of drug-likeness (QED) is 0.505. The van der Waals surface area contributed by atoms with Gasteiger partial charge in [0.15, 0.2) is 5.96 Å². The standard InChI is InChI=1S/C17H27FN4O/c1-4-13(2)22-16(23)9-11-21-17(19-3)20-10-8-14-6-5-7-15(18)12-14/h5-7,12-13H,4,8-11H2,1-3H3,(H,22,23)(H2,19,20,21). The number of hydrogen-bond acceptors (Lipinski definition) is 2. The summed E-state index contributed by atoms with van der Waals surface area (Å²) < 4.78 is 13.1. The predicted molar refractivity (Wildman–Crippen MR) is 92.0 cm³/mol. The second-order valence-corrected chi connectivity index (χ2v) is 5.43. The van der Waals surface area contributed by atoms with Gasteiger partial charge in [0.1, 0.15) is 5.82 Å². The van der Waals surface area contributed by atoms with E-state index in [1.165, 1.54) is 12.1 Å². The number of guanidine groups is 1. The zero-order chi connectivity index (χ0) is 17.1. The first kappa shape index (κ1) is 18.9. The molecular formula is C17H27FN4O. The van der Waals surface area contributed by atoms with Crippen LogP contribution < -0.4 is 16.0 Å². The lowest BCUT2D eigenvalue weighted by Crippen LogP contribution is -2.41. The lowest BCUT2D eigenvalue weighted by molar-refractivity contribution is -0.121. The van der Waals surface area contributed by atoms with Crippen molar-refractivity contribution in [2.24, 2.45) is 4.99 Å². The Balaban J connectivity index is 2.23. The van der Waals surface area contributed by atoms with E-state index in [0.717, 1.165) is 12.0 Å². The van der Waals surface area contributed by atoms with Crippen LogP contribution in [0.5, 0.6) is 0 Å². The number of nitrogens with one attached hydrogen (secondary N) is 3. The minimum absolute atomic E-state index is 0.0297. The molecule has 1 aromatic rings. The normalized spacial score (nSPS) is 12.6. The fraction of sp³-hybridized carbons (Fsp3) is 0.529. The Morgan fingerprint density at radius 3 is 2.70 bits per heavy atom. The van der Waals surface area contributed by atoms with Crippen molar-refractivity contribution in [2.45, 2.75) is 39.2 Å². The number of hydrogen-bond donors (Lipinski definition) is 3. The maximum absolute atomic E-state index is 13.1. The van der Waals surface area contributed by atoms with E-state index in [0.29, 0.717) is 31.9 Å². The van der Waals surface area contributed by atoms with Crippen molar-refractivity contribution < 1.29 is 9.18 Å². The second kappa shape index (κ2) is 10.6. The highest BCUT2D eigenvalue weighted by molar-refractivity contribution is 5.81. The number of carbonyl (C=O) groups excluding carboxylic acids is 1. The molecule has 0 aliphatic heterocycles. The summed E-state index contributed by atoms with van der Waals surface area (Å²) in [6, 6.07) is 6.75. The molecule has 0 saturated heterocycles. The predicted octanol–water partition coefficient (Wildman–Crippen LogP) is 1.84. The van der Waals surface area contributed by atoms with Crippen LogP contribution in [-0.4, -0.2) is 38.0 Å². The molecule has 1 rings (SSSR count). The Hall–Kier alpha value is -2.11. The van der Waals surface area contributed by atoms with Gasteiger partial charge in [-0.3, -0.25) is 9.79 Å². The van der Waals surface area contributed by atoms with Gasteiger partial charge in [-0.25, -0.2) is 4.39 Å². The monoisotopic (exact) mass is 322 g/mol. The molecule has 5 nitrogen and oxygen atoms in total. The molecule has 0 heterocycles. The Morgan fingerprint density at radius 1 is 1.30 bits per heavy atom. The SMILES string of the molecule is CCC(C)NC(=O)CCNC(=NC)NCCc1cccc(F)c1. The second-order valence-electron chi connectivity index (χ2n) is 5.43. The number of aliphatic imine (C=N–C) groups is 1. The number of halogens is 1. The molecule has 23 heavy (non-hydrogen) atoms. The summed E-state index contributed by atoms with van der Waals surface area (Å²) in [5.41, 5.74) is 0.931. The molecule has 0 radical (unpaired) electrons. The third-order valence-electron chi connectivity index (χ3n) is 3.48. The van der Waals surface area contributed by atoms with Crippen LogP contribution in [0.4, 0.5) is 4.39 Å². The highest BCUT2D eigenvalue weighted by atomic mass is 19.1. The zero-order valence-electron chi connectivity index (χ0n) is 14.2. The van der Waals surface area contributed by atoms with Gasteiger partial charge in [-0.2, -0.15) is 0 Å². The fourth-order valence-corrected chi connectivity index (χ4v) is 1.98. The van der Waals surface area contributed by atoms with Crippen LogP contribution in [0.15, 0.2) is 29.3 Å². The molecule has 1 amide bonds. The van der Waals surface area contributed by atoms with Crippen molar-refractivity contribution in [3.05, 3.63) is 35.6 Å². The molecule has 6 heteroatoms. The third-order valence-corrected chi connectivity index (χ3v) is 3.48. The number of carbonyl (C=O) groups is 1. The van der Waals surface area contributed by atoms with E-state index in [2.05, 4.69) is 20.9 Å². The van der Waals surface area contributed by atoms with Crippen LogP contribution in [0.2, 0.25) is 0 Å². The van der Waals surface area contributed by atoms with Gasteiger partial charge < -0.3 is 16.0 Å². The van der Waals surface area contributed by atoms with Crippen molar-refractivity contribution in [2.75, 3.05) is 20.1 Å². The maximum Gasteiger partial charge on any atom is 0.221 e. The van der Waals surface area contributed by atoms with Gasteiger partial charge in [-0.15, -0.1) is 0 Å². The van der Waals surface area contributed by atoms with E-state index in [4.69, 9.17) is 0 Å². The summed E-state index contributed by atoms with van der Waals surface area (Å²) in [4.78, 5) is 15.8. The summed E-state index contributed by atoms with van der Waals surface area (Å²) >= 11 is 0. The minimum atomic E-state index is -0.225. The van der Waals surface area contributed by atoms with Gasteiger partial charge in [0.2, 0.25) is 5.91 Å². The summed E-state index contributed by atoms with van der Waals surface area (Å²) in [7, 11) is 1.68. The molecule has 0 saturated carbocycles. The van der Waals surface area contributed by atoms with E-state index < -0.39 is 0 Å². The maximum atomic E-state index is 13.1. The van der Waals surface area contributed by atoms with Crippen molar-refractivity contribution >= 4 is 11.9 Å². The van der Waals surface area contributed by atoms with E-state index in [9.17, 15) is 9.18 Å². The fourth-order valence-electron chi connectivity index (χ4n) is 1.98.